The van der Waals surface area contributed by atoms with E-state index in [1.807, 2.05) is 37.5 Å². The summed E-state index contributed by atoms with van der Waals surface area (Å²) in [6, 6.07) is 5.90. The molecule has 8 fully saturated rings. The van der Waals surface area contributed by atoms with E-state index < -0.39 is 0 Å². The number of nitrogens with zero attached hydrogens (tertiary/aromatic N) is 6. The van der Waals surface area contributed by atoms with Crippen molar-refractivity contribution in [2.75, 3.05) is 0 Å². The van der Waals surface area contributed by atoms with Crippen LogP contribution in [0.1, 0.15) is 200 Å². The molecule has 400 valence electrons. The molecule has 2 N–H and O–H groups in total. The van der Waals surface area contributed by atoms with Gasteiger partial charge in [0, 0.05) is 18.4 Å². The van der Waals surface area contributed by atoms with Gasteiger partial charge in [-0.15, -0.1) is 10.2 Å². The fourth-order valence-electron chi connectivity index (χ4n) is 20.0. The smallest absolute Gasteiger partial charge is 0.306 e. The van der Waals surface area contributed by atoms with Gasteiger partial charge in [-0.2, -0.15) is 0 Å². The van der Waals surface area contributed by atoms with Crippen LogP contribution in [0.2, 0.25) is 0 Å². The molecule has 8 aliphatic rings. The molecule has 12 nitrogen and oxygen atoms in total. The molecule has 2 aromatic heterocycles. The maximum atomic E-state index is 13.2. The van der Waals surface area contributed by atoms with E-state index in [9.17, 15) is 19.8 Å². The Kier molecular flexibility index (Phi) is 14.1. The van der Waals surface area contributed by atoms with Crippen molar-refractivity contribution in [3.63, 3.8) is 0 Å². The van der Waals surface area contributed by atoms with Gasteiger partial charge in [0.05, 0.1) is 36.0 Å². The molecule has 16 unspecified atom stereocenters. The summed E-state index contributed by atoms with van der Waals surface area (Å²) in [4.78, 5) is 26.4. The standard InChI is InChI=1S/C61H90N6O6/c1-37(48-17-19-50-46-15-13-40-31-44(68)23-27-58(40,4)52(46)25-29-60(48,50)6)11-21-56(70)72-35-42-33-66(64-62-42)54-9-8-10-55(39(54)3)67-34-43(63-65-67)36-73-57(71)22-12-38(2)49-18-20-51-47-16-14-41-32-45(69)24-28-59(41,5)53(47)26-30-61(49,51)7/h8-10,33-34,37-38,40-41,44-53,68-69H,11-32,35-36H2,1-7H3/t37-,38-,40?,41?,44?,45?,46?,47?,48?,49?,50?,51?,52?,53?,58?,59?,60?,61?/m1/s1. The van der Waals surface area contributed by atoms with Gasteiger partial charge in [-0.05, 0) is 240 Å². The van der Waals surface area contributed by atoms with Crippen LogP contribution >= 0.6 is 0 Å². The Labute approximate surface area is 436 Å². The van der Waals surface area contributed by atoms with E-state index >= 15 is 0 Å². The normalized spacial score (nSPS) is 40.5. The van der Waals surface area contributed by atoms with Gasteiger partial charge in [0.15, 0.2) is 0 Å². The number of ether oxygens (including phenoxy) is 2. The van der Waals surface area contributed by atoms with Crippen LogP contribution in [0.3, 0.4) is 0 Å². The summed E-state index contributed by atoms with van der Waals surface area (Å²) in [7, 11) is 0. The van der Waals surface area contributed by atoms with Gasteiger partial charge in [0.25, 0.3) is 0 Å². The minimum Gasteiger partial charge on any atom is -0.459 e. The van der Waals surface area contributed by atoms with Crippen LogP contribution in [0.15, 0.2) is 30.6 Å². The summed E-state index contributed by atoms with van der Waals surface area (Å²) in [5, 5.41) is 38.5. The third kappa shape index (κ3) is 9.25. The monoisotopic (exact) mass is 1000 g/mol. The minimum atomic E-state index is -0.181. The molecule has 0 bridgehead atoms. The van der Waals surface area contributed by atoms with Crippen molar-refractivity contribution in [2.24, 2.45) is 92.7 Å². The van der Waals surface area contributed by atoms with Crippen molar-refractivity contribution < 1.29 is 29.3 Å². The Morgan fingerprint density at radius 1 is 0.589 bits per heavy atom. The Morgan fingerprint density at radius 3 is 1.44 bits per heavy atom. The zero-order chi connectivity index (χ0) is 51.0. The summed E-state index contributed by atoms with van der Waals surface area (Å²) in [5.41, 5.74) is 5.24. The number of esters is 2. The van der Waals surface area contributed by atoms with E-state index in [1.165, 1.54) is 89.9 Å². The van der Waals surface area contributed by atoms with Crippen molar-refractivity contribution in [2.45, 2.75) is 215 Å². The van der Waals surface area contributed by atoms with Gasteiger partial charge in [-0.1, -0.05) is 58.0 Å². The Hall–Kier alpha value is -3.64. The van der Waals surface area contributed by atoms with Crippen molar-refractivity contribution in [1.82, 2.24) is 30.0 Å². The number of carbonyl (C=O) groups excluding carboxylic acids is 2. The summed E-state index contributed by atoms with van der Waals surface area (Å²) in [5.74, 6) is 8.03. The molecule has 18 atom stereocenters. The van der Waals surface area contributed by atoms with E-state index in [0.717, 1.165) is 91.0 Å². The molecule has 2 heterocycles. The van der Waals surface area contributed by atoms with Gasteiger partial charge >= 0.3 is 11.9 Å². The Balaban J connectivity index is 0.626. The van der Waals surface area contributed by atoms with Crippen LogP contribution in [0.5, 0.6) is 0 Å². The number of hydrogen-bond acceptors (Lipinski definition) is 10. The molecule has 0 aliphatic heterocycles. The first-order chi connectivity index (χ1) is 35.0. The summed E-state index contributed by atoms with van der Waals surface area (Å²) >= 11 is 0. The highest BCUT2D eigenvalue weighted by Crippen LogP contribution is 2.70. The second-order valence-corrected chi connectivity index (χ2v) is 27.2. The number of carbonyl (C=O) groups is 2. The predicted molar refractivity (Wildman–Crippen MR) is 280 cm³/mol. The third-order valence-corrected chi connectivity index (χ3v) is 24.0. The lowest BCUT2D eigenvalue weighted by Crippen LogP contribution is -2.54. The average molecular weight is 1000 g/mol. The average Bonchev–Trinajstić information content (AvgIpc) is 4.19. The molecule has 0 amide bonds. The maximum absolute atomic E-state index is 13.2. The minimum absolute atomic E-state index is 0.0772. The van der Waals surface area contributed by atoms with E-state index in [2.05, 4.69) is 62.2 Å². The lowest BCUT2D eigenvalue weighted by atomic mass is 9.44. The number of aromatic nitrogens is 6. The third-order valence-electron chi connectivity index (χ3n) is 24.0. The molecule has 1 aromatic carbocycles. The second kappa shape index (κ2) is 20.1. The van der Waals surface area contributed by atoms with Crippen molar-refractivity contribution in [3.8, 4) is 11.4 Å². The van der Waals surface area contributed by atoms with Gasteiger partial charge in [-0.3, -0.25) is 9.59 Å². The molecule has 8 aliphatic carbocycles. The van der Waals surface area contributed by atoms with Crippen molar-refractivity contribution in [3.05, 3.63) is 47.5 Å². The van der Waals surface area contributed by atoms with Crippen molar-refractivity contribution in [1.29, 1.82) is 0 Å². The maximum Gasteiger partial charge on any atom is 0.306 e. The number of aliphatic hydroxyl groups excluding tert-OH is 2. The summed E-state index contributed by atoms with van der Waals surface area (Å²) in [6.45, 7) is 17.2. The second-order valence-electron chi connectivity index (χ2n) is 27.2. The van der Waals surface area contributed by atoms with Crippen LogP contribution < -0.4 is 0 Å². The van der Waals surface area contributed by atoms with Crippen LogP contribution in [-0.4, -0.2) is 64.3 Å². The fourth-order valence-corrected chi connectivity index (χ4v) is 20.0. The SMILES string of the molecule is Cc1c(-n2cc(COC(=O)CC[C@@H](C)C3CCC4C5CCC6CC(O)CCC6(C)C5CCC43C)nn2)cccc1-n1cc(COC(=O)CC[C@@H](C)C2CCC3C4CCC5CC(O)CCC5(C)C4CCC32C)nn1. The van der Waals surface area contributed by atoms with Crippen LogP contribution in [0, 0.1) is 99.6 Å². The van der Waals surface area contributed by atoms with Gasteiger partial charge in [0.1, 0.15) is 24.6 Å². The van der Waals surface area contributed by atoms with Gasteiger partial charge < -0.3 is 19.7 Å². The Morgan fingerprint density at radius 2 is 1.00 bits per heavy atom. The highest BCUT2D eigenvalue weighted by atomic mass is 16.5. The van der Waals surface area contributed by atoms with Crippen LogP contribution in [0.4, 0.5) is 0 Å². The molecule has 73 heavy (non-hydrogen) atoms. The molecule has 8 saturated carbocycles. The highest BCUT2D eigenvalue weighted by molar-refractivity contribution is 5.69. The van der Waals surface area contributed by atoms with E-state index in [4.69, 9.17) is 9.47 Å². The molecule has 0 saturated heterocycles. The van der Waals surface area contributed by atoms with Crippen LogP contribution in [-0.2, 0) is 32.3 Å². The molecule has 11 rings (SSSR count). The molecule has 0 radical (unpaired) electrons. The van der Waals surface area contributed by atoms with Crippen molar-refractivity contribution >= 4 is 11.9 Å². The zero-order valence-corrected chi connectivity index (χ0v) is 45.7. The van der Waals surface area contributed by atoms with Gasteiger partial charge in [0.2, 0.25) is 0 Å². The highest BCUT2D eigenvalue weighted by Gasteiger charge is 2.62. The Bertz CT molecular complexity index is 2310. The number of fused-ring (bicyclic) bond motifs is 10. The number of rotatable bonds is 14. The topological polar surface area (TPSA) is 154 Å². The first kappa shape index (κ1) is 51.5. The summed E-state index contributed by atoms with van der Waals surface area (Å²) < 4.78 is 15.0. The lowest BCUT2D eigenvalue weighted by Gasteiger charge is -2.61. The number of aliphatic hydroxyl groups is 2. The number of benzene rings is 1. The first-order valence-corrected chi connectivity index (χ1v) is 29.6. The fraction of sp³-hybridized carbons (Fsp3) is 0.803. The quantitative estimate of drug-likeness (QED) is 0.149. The summed E-state index contributed by atoms with van der Waals surface area (Å²) in [6.07, 6.45) is 28.0. The number of hydrogen-bond donors (Lipinski definition) is 2. The molecule has 0 spiro atoms. The zero-order valence-electron chi connectivity index (χ0n) is 45.7. The van der Waals surface area contributed by atoms with E-state index in [-0.39, 0.29) is 37.4 Å². The van der Waals surface area contributed by atoms with E-state index in [1.54, 1.807) is 9.36 Å². The van der Waals surface area contributed by atoms with E-state index in [0.29, 0.717) is 81.4 Å². The molecular formula is C61H90N6O6. The molecular weight excluding hydrogens is 913 g/mol. The van der Waals surface area contributed by atoms with Gasteiger partial charge in [-0.25, -0.2) is 9.36 Å². The lowest BCUT2D eigenvalue weighted by molar-refractivity contribution is -0.146. The van der Waals surface area contributed by atoms with Crippen LogP contribution in [0.25, 0.3) is 11.4 Å². The largest absolute Gasteiger partial charge is 0.459 e. The predicted octanol–water partition coefficient (Wildman–Crippen LogP) is 12.1. The molecule has 12 heteroatoms. The molecule has 3 aromatic rings. The first-order valence-electron chi connectivity index (χ1n) is 29.6.